The van der Waals surface area contributed by atoms with Crippen molar-refractivity contribution in [1.29, 1.82) is 0 Å². The van der Waals surface area contributed by atoms with E-state index in [1.807, 2.05) is 0 Å². The number of aliphatic hydroxyl groups excluding tert-OH is 1. The molecule has 0 unspecified atom stereocenters. The van der Waals surface area contributed by atoms with Crippen LogP contribution in [0.3, 0.4) is 0 Å². The van der Waals surface area contributed by atoms with Crippen molar-refractivity contribution in [3.63, 3.8) is 0 Å². The Balaban J connectivity index is 1.28. The van der Waals surface area contributed by atoms with Gasteiger partial charge >= 0.3 is 0 Å². The number of aliphatic hydroxyl groups is 1. The van der Waals surface area contributed by atoms with Gasteiger partial charge in [0.25, 0.3) is 11.8 Å². The Morgan fingerprint density at radius 3 is 2.14 bits per heavy atom. The Kier molecular flexibility index (Phi) is 7.82. The van der Waals surface area contributed by atoms with Gasteiger partial charge < -0.3 is 30.0 Å². The Morgan fingerprint density at radius 1 is 0.972 bits per heavy atom. The summed E-state index contributed by atoms with van der Waals surface area (Å²) in [4.78, 5) is 25.2. The molecule has 0 spiro atoms. The summed E-state index contributed by atoms with van der Waals surface area (Å²) in [6.07, 6.45) is 1.62. The van der Waals surface area contributed by atoms with E-state index in [1.165, 1.54) is 19.2 Å². The molecule has 5 rings (SSSR count). The molecule has 3 aliphatic carbocycles. The first-order chi connectivity index (χ1) is 17.1. The number of carbonyl (C=O) groups excluding carboxylic acids is 2. The fourth-order valence-electron chi connectivity index (χ4n) is 4.90. The van der Waals surface area contributed by atoms with E-state index in [2.05, 4.69) is 10.6 Å². The van der Waals surface area contributed by atoms with E-state index >= 15 is 0 Å². The molecule has 1 atom stereocenters. The Labute approximate surface area is 218 Å². The van der Waals surface area contributed by atoms with Crippen molar-refractivity contribution < 1.29 is 33.3 Å². The zero-order valence-electron chi connectivity index (χ0n) is 19.6. The second kappa shape index (κ2) is 10.7. The van der Waals surface area contributed by atoms with Crippen molar-refractivity contribution in [1.82, 2.24) is 10.6 Å². The number of nitrogens with one attached hydrogen (secondary N) is 2. The molecule has 3 saturated carbocycles. The maximum atomic E-state index is 13.6. The van der Waals surface area contributed by atoms with Gasteiger partial charge in [0.1, 0.15) is 23.1 Å². The number of hydrogen-bond donors (Lipinski definition) is 3. The molecule has 2 aromatic rings. The van der Waals surface area contributed by atoms with Crippen LogP contribution in [0.25, 0.3) is 0 Å². The first-order valence-electron chi connectivity index (χ1n) is 11.5. The van der Waals surface area contributed by atoms with E-state index in [-0.39, 0.29) is 29.9 Å². The standard InChI is InChI=1S/C25H27Cl2FN2O6/c1-34-20-11-16(3-5-18(20)27)36-13-22(32)29-24-6-8-25(9-7-24,21(31)12-24)30-23(33)14-35-15-2-4-17(26)19(28)10-15/h2-5,10-11,21,31H,6-9,12-14H2,1H3,(H,29,32)(H,30,33)/t21-,24?,25?/m0/s1. The quantitative estimate of drug-likeness (QED) is 0.448. The van der Waals surface area contributed by atoms with Gasteiger partial charge in [0.2, 0.25) is 0 Å². The number of fused-ring (bicyclic) bond motifs is 3. The molecule has 2 amide bonds. The summed E-state index contributed by atoms with van der Waals surface area (Å²) < 4.78 is 29.6. The third-order valence-corrected chi connectivity index (χ3v) is 7.49. The zero-order chi connectivity index (χ0) is 25.9. The smallest absolute Gasteiger partial charge is 0.258 e. The van der Waals surface area contributed by atoms with Gasteiger partial charge in [-0.1, -0.05) is 23.2 Å². The maximum absolute atomic E-state index is 13.6. The fourth-order valence-corrected chi connectivity index (χ4v) is 5.21. The molecular formula is C25H27Cl2FN2O6. The molecule has 0 heterocycles. The van der Waals surface area contributed by atoms with Gasteiger partial charge in [-0.05, 0) is 56.4 Å². The molecule has 3 fully saturated rings. The summed E-state index contributed by atoms with van der Waals surface area (Å²) in [7, 11) is 1.49. The number of benzene rings is 2. The normalized spacial score (nSPS) is 24.6. The highest BCUT2D eigenvalue weighted by Gasteiger charge is 2.55. The number of rotatable bonds is 9. The van der Waals surface area contributed by atoms with E-state index in [4.69, 9.17) is 37.4 Å². The molecule has 8 nitrogen and oxygen atoms in total. The van der Waals surface area contributed by atoms with E-state index in [0.717, 1.165) is 6.07 Å². The molecular weight excluding hydrogens is 514 g/mol. The maximum Gasteiger partial charge on any atom is 0.258 e. The highest BCUT2D eigenvalue weighted by molar-refractivity contribution is 6.32. The number of methoxy groups -OCH3 is 1. The number of halogens is 3. The minimum Gasteiger partial charge on any atom is -0.495 e. The van der Waals surface area contributed by atoms with Crippen molar-refractivity contribution in [3.05, 3.63) is 52.3 Å². The number of carbonyl (C=O) groups is 2. The molecule has 0 aliphatic heterocycles. The van der Waals surface area contributed by atoms with Crippen LogP contribution in [0.15, 0.2) is 36.4 Å². The van der Waals surface area contributed by atoms with Crippen LogP contribution in [0.1, 0.15) is 32.1 Å². The molecule has 0 saturated heterocycles. The molecule has 3 N–H and O–H groups in total. The van der Waals surface area contributed by atoms with Gasteiger partial charge in [0.05, 0.1) is 28.8 Å². The number of ether oxygens (including phenoxy) is 3. The molecule has 0 radical (unpaired) electrons. The van der Waals surface area contributed by atoms with Crippen LogP contribution in [-0.2, 0) is 9.59 Å². The third-order valence-electron chi connectivity index (χ3n) is 6.87. The van der Waals surface area contributed by atoms with Gasteiger partial charge in [0, 0.05) is 17.7 Å². The summed E-state index contributed by atoms with van der Waals surface area (Å²) in [6, 6.07) is 8.79. The summed E-state index contributed by atoms with van der Waals surface area (Å²) >= 11 is 11.7. The second-order valence-electron chi connectivity index (χ2n) is 9.20. The highest BCUT2D eigenvalue weighted by Crippen LogP contribution is 2.47. The minimum atomic E-state index is -0.848. The lowest BCUT2D eigenvalue weighted by Gasteiger charge is -2.56. The topological polar surface area (TPSA) is 106 Å². The van der Waals surface area contributed by atoms with E-state index in [0.29, 0.717) is 48.6 Å². The van der Waals surface area contributed by atoms with Gasteiger partial charge in [-0.25, -0.2) is 4.39 Å². The molecule has 3 aliphatic rings. The predicted molar refractivity (Wildman–Crippen MR) is 131 cm³/mol. The summed E-state index contributed by atoms with van der Waals surface area (Å²) in [6.45, 7) is -0.530. The van der Waals surface area contributed by atoms with Crippen LogP contribution in [0.5, 0.6) is 17.2 Å². The van der Waals surface area contributed by atoms with Crippen molar-refractivity contribution in [3.8, 4) is 17.2 Å². The van der Waals surface area contributed by atoms with Crippen molar-refractivity contribution >= 4 is 35.0 Å². The average Bonchev–Trinajstić information content (AvgIpc) is 2.85. The van der Waals surface area contributed by atoms with Crippen LogP contribution < -0.4 is 24.8 Å². The lowest BCUT2D eigenvalue weighted by molar-refractivity contribution is -0.137. The minimum absolute atomic E-state index is 0.0365. The molecule has 194 valence electrons. The average molecular weight is 541 g/mol. The van der Waals surface area contributed by atoms with Crippen LogP contribution >= 0.6 is 23.2 Å². The van der Waals surface area contributed by atoms with Gasteiger partial charge in [-0.2, -0.15) is 0 Å². The summed E-state index contributed by atoms with van der Waals surface area (Å²) in [5.41, 5.74) is -1.37. The monoisotopic (exact) mass is 540 g/mol. The van der Waals surface area contributed by atoms with Crippen LogP contribution in [0, 0.1) is 5.82 Å². The SMILES string of the molecule is COc1cc(OCC(=O)NC23CCC(NC(=O)COc4ccc(Cl)c(F)c4)(CC2)[C@@H](O)C3)ccc1Cl. The molecule has 11 heteroatoms. The number of hydrogen-bond acceptors (Lipinski definition) is 6. The first kappa shape index (κ1) is 26.3. The number of amides is 2. The predicted octanol–water partition coefficient (Wildman–Crippen LogP) is 3.65. The molecule has 2 aromatic carbocycles. The van der Waals surface area contributed by atoms with Crippen LogP contribution in [0.4, 0.5) is 4.39 Å². The third kappa shape index (κ3) is 5.79. The summed E-state index contributed by atoms with van der Waals surface area (Å²) in [5, 5.41) is 17.2. The largest absolute Gasteiger partial charge is 0.495 e. The van der Waals surface area contributed by atoms with Crippen molar-refractivity contribution in [2.75, 3.05) is 20.3 Å². The highest BCUT2D eigenvalue weighted by atomic mass is 35.5. The Bertz CT molecular complexity index is 1140. The molecule has 2 bridgehead atoms. The van der Waals surface area contributed by atoms with E-state index in [9.17, 15) is 19.1 Å². The van der Waals surface area contributed by atoms with Gasteiger partial charge in [-0.15, -0.1) is 0 Å². The lowest BCUT2D eigenvalue weighted by atomic mass is 9.60. The first-order valence-corrected chi connectivity index (χ1v) is 12.2. The summed E-state index contributed by atoms with van der Waals surface area (Å²) in [5.74, 6) is -0.299. The van der Waals surface area contributed by atoms with E-state index in [1.54, 1.807) is 18.2 Å². The van der Waals surface area contributed by atoms with Crippen molar-refractivity contribution in [2.45, 2.75) is 49.3 Å². The van der Waals surface area contributed by atoms with Gasteiger partial charge in [-0.3, -0.25) is 9.59 Å². The van der Waals surface area contributed by atoms with Crippen LogP contribution in [-0.4, -0.2) is 54.4 Å². The second-order valence-corrected chi connectivity index (χ2v) is 10.0. The van der Waals surface area contributed by atoms with Gasteiger partial charge in [0.15, 0.2) is 13.2 Å². The fraction of sp³-hybridized carbons (Fsp3) is 0.440. The zero-order valence-corrected chi connectivity index (χ0v) is 21.1. The Morgan fingerprint density at radius 2 is 1.56 bits per heavy atom. The molecule has 36 heavy (non-hydrogen) atoms. The Hall–Kier alpha value is -2.75. The van der Waals surface area contributed by atoms with Crippen LogP contribution in [0.2, 0.25) is 10.0 Å². The van der Waals surface area contributed by atoms with E-state index < -0.39 is 28.9 Å². The molecule has 0 aromatic heterocycles. The lowest BCUT2D eigenvalue weighted by Crippen LogP contribution is -2.70. The van der Waals surface area contributed by atoms with Crippen molar-refractivity contribution in [2.24, 2.45) is 0 Å².